The maximum atomic E-state index is 2.45. The Hall–Kier alpha value is -6.70. The van der Waals surface area contributed by atoms with Crippen LogP contribution < -0.4 is 4.90 Å². The first kappa shape index (κ1) is 30.4. The number of nitrogens with zero attached hydrogens (tertiary/aromatic N) is 1. The monoisotopic (exact) mass is 649 g/mol. The van der Waals surface area contributed by atoms with E-state index < -0.39 is 0 Å². The second-order valence-electron chi connectivity index (χ2n) is 12.9. The van der Waals surface area contributed by atoms with Crippen LogP contribution in [-0.2, 0) is 0 Å². The third-order valence-corrected chi connectivity index (χ3v) is 9.85. The van der Waals surface area contributed by atoms with Gasteiger partial charge >= 0.3 is 0 Å². The molecule has 0 aliphatic rings. The van der Waals surface area contributed by atoms with Crippen LogP contribution in [0.3, 0.4) is 0 Å². The second-order valence-corrected chi connectivity index (χ2v) is 12.9. The van der Waals surface area contributed by atoms with Crippen LogP contribution in [0.5, 0.6) is 0 Å². The number of hydrogen-bond acceptors (Lipinski definition) is 1. The summed E-state index contributed by atoms with van der Waals surface area (Å²) >= 11 is 0. The highest BCUT2D eigenvalue weighted by molar-refractivity contribution is 6.22. The highest BCUT2D eigenvalue weighted by Crippen LogP contribution is 2.50. The summed E-state index contributed by atoms with van der Waals surface area (Å²) in [5.74, 6) is 0. The number of anilines is 3. The third kappa shape index (κ3) is 5.65. The molecule has 1 nitrogen and oxygen atoms in total. The quantitative estimate of drug-likeness (QED) is 0.155. The smallest absolute Gasteiger partial charge is 0.0624 e. The molecule has 0 heterocycles. The average Bonchev–Trinajstić information content (AvgIpc) is 3.22. The molecule has 0 aliphatic carbocycles. The lowest BCUT2D eigenvalue weighted by Crippen LogP contribution is -2.12. The number of fused-ring (bicyclic) bond motifs is 3. The van der Waals surface area contributed by atoms with Crippen molar-refractivity contribution in [3.63, 3.8) is 0 Å². The van der Waals surface area contributed by atoms with Crippen LogP contribution in [0.1, 0.15) is 0 Å². The van der Waals surface area contributed by atoms with Crippen LogP contribution in [0.15, 0.2) is 212 Å². The summed E-state index contributed by atoms with van der Waals surface area (Å²) in [7, 11) is 0. The van der Waals surface area contributed by atoms with Crippen LogP contribution in [0, 0.1) is 0 Å². The highest BCUT2D eigenvalue weighted by Gasteiger charge is 2.24. The molecule has 0 amide bonds. The Morgan fingerprint density at radius 2 is 0.686 bits per heavy atom. The summed E-state index contributed by atoms with van der Waals surface area (Å²) in [6.07, 6.45) is 0. The van der Waals surface area contributed by atoms with E-state index in [2.05, 4.69) is 217 Å². The normalized spacial score (nSPS) is 11.1. The zero-order valence-electron chi connectivity index (χ0n) is 28.2. The molecular formula is C50H35N. The molecular weight excluding hydrogens is 615 g/mol. The minimum absolute atomic E-state index is 1.10. The van der Waals surface area contributed by atoms with E-state index in [1.807, 2.05) is 0 Å². The molecule has 9 rings (SSSR count). The first-order valence-corrected chi connectivity index (χ1v) is 17.5. The molecule has 0 aliphatic heterocycles. The molecule has 0 saturated heterocycles. The van der Waals surface area contributed by atoms with Gasteiger partial charge in [0.25, 0.3) is 0 Å². The summed E-state index contributed by atoms with van der Waals surface area (Å²) in [5, 5.41) is 4.92. The summed E-state index contributed by atoms with van der Waals surface area (Å²) < 4.78 is 0. The molecule has 240 valence electrons. The van der Waals surface area contributed by atoms with Gasteiger partial charge in [-0.2, -0.15) is 0 Å². The zero-order valence-corrected chi connectivity index (χ0v) is 28.2. The topological polar surface area (TPSA) is 3.24 Å². The van der Waals surface area contributed by atoms with Gasteiger partial charge in [0.1, 0.15) is 0 Å². The van der Waals surface area contributed by atoms with Crippen LogP contribution >= 0.6 is 0 Å². The zero-order chi connectivity index (χ0) is 34.0. The Bertz CT molecular complexity index is 2610. The molecule has 0 N–H and O–H groups in total. The van der Waals surface area contributed by atoms with E-state index >= 15 is 0 Å². The van der Waals surface area contributed by atoms with Crippen LogP contribution in [0.25, 0.3) is 66.1 Å². The number of para-hydroxylation sites is 1. The summed E-state index contributed by atoms with van der Waals surface area (Å²) in [6, 6.07) is 76.6. The van der Waals surface area contributed by atoms with Gasteiger partial charge in [0, 0.05) is 22.3 Å². The summed E-state index contributed by atoms with van der Waals surface area (Å²) in [4.78, 5) is 2.45. The highest BCUT2D eigenvalue weighted by atomic mass is 15.1. The number of hydrogen-bond donors (Lipinski definition) is 0. The predicted molar refractivity (Wildman–Crippen MR) is 218 cm³/mol. The minimum Gasteiger partial charge on any atom is -0.309 e. The van der Waals surface area contributed by atoms with Crippen molar-refractivity contribution in [2.45, 2.75) is 0 Å². The lowest BCUT2D eigenvalue weighted by Gasteiger charge is -2.31. The van der Waals surface area contributed by atoms with Gasteiger partial charge in [-0.3, -0.25) is 0 Å². The fourth-order valence-corrected chi connectivity index (χ4v) is 7.51. The second kappa shape index (κ2) is 13.3. The Morgan fingerprint density at radius 3 is 1.33 bits per heavy atom. The SMILES string of the molecule is c1ccc(-c2cccc(-c3c(N(c4ccccc4)c4ccc(-c5ccccc5-c5ccccc5)cc4)c4ccccc4c4ccccc34)c2)cc1. The molecule has 0 spiro atoms. The third-order valence-electron chi connectivity index (χ3n) is 9.85. The minimum atomic E-state index is 1.10. The van der Waals surface area contributed by atoms with Crippen LogP contribution in [0.4, 0.5) is 17.1 Å². The van der Waals surface area contributed by atoms with E-state index in [1.54, 1.807) is 0 Å². The molecule has 9 aromatic rings. The average molecular weight is 650 g/mol. The van der Waals surface area contributed by atoms with Crippen molar-refractivity contribution in [2.24, 2.45) is 0 Å². The molecule has 0 unspecified atom stereocenters. The molecule has 0 fully saturated rings. The molecule has 0 saturated carbocycles. The van der Waals surface area contributed by atoms with Crippen molar-refractivity contribution >= 4 is 38.6 Å². The van der Waals surface area contributed by atoms with E-state index in [0.717, 1.165) is 17.1 Å². The summed E-state index contributed by atoms with van der Waals surface area (Å²) in [5.41, 5.74) is 13.0. The van der Waals surface area contributed by atoms with Crippen molar-refractivity contribution in [3.8, 4) is 44.5 Å². The Labute approximate surface area is 299 Å². The molecule has 0 atom stereocenters. The van der Waals surface area contributed by atoms with E-state index in [-0.39, 0.29) is 0 Å². The van der Waals surface area contributed by atoms with Crippen molar-refractivity contribution in [1.82, 2.24) is 0 Å². The largest absolute Gasteiger partial charge is 0.309 e. The lowest BCUT2D eigenvalue weighted by molar-refractivity contribution is 1.30. The van der Waals surface area contributed by atoms with Crippen molar-refractivity contribution < 1.29 is 0 Å². The lowest BCUT2D eigenvalue weighted by atomic mass is 9.88. The Kier molecular flexibility index (Phi) is 7.92. The molecule has 1 heteroatoms. The van der Waals surface area contributed by atoms with Crippen molar-refractivity contribution in [3.05, 3.63) is 212 Å². The van der Waals surface area contributed by atoms with Gasteiger partial charge < -0.3 is 4.90 Å². The number of benzene rings is 9. The van der Waals surface area contributed by atoms with Gasteiger partial charge in [0.05, 0.1) is 5.69 Å². The molecule has 0 aromatic heterocycles. The maximum absolute atomic E-state index is 2.45. The molecule has 9 aromatic carbocycles. The standard InChI is InChI=1S/C50H35N/c1-4-17-36(18-5-1)39-21-16-22-40(35-39)49-47-29-14-12-27-45(47)46-28-13-15-30-48(46)50(49)51(41-23-8-3-9-24-41)42-33-31-38(32-34-42)44-26-11-10-25-43(44)37-19-6-2-7-20-37/h1-35H. The van der Waals surface area contributed by atoms with E-state index in [9.17, 15) is 0 Å². The molecule has 51 heavy (non-hydrogen) atoms. The Balaban J connectivity index is 1.30. The fourth-order valence-electron chi connectivity index (χ4n) is 7.51. The molecule has 0 radical (unpaired) electrons. The van der Waals surface area contributed by atoms with Gasteiger partial charge in [0.2, 0.25) is 0 Å². The fraction of sp³-hybridized carbons (Fsp3) is 0. The molecule has 0 bridgehead atoms. The van der Waals surface area contributed by atoms with Gasteiger partial charge in [-0.25, -0.2) is 0 Å². The van der Waals surface area contributed by atoms with E-state index in [4.69, 9.17) is 0 Å². The first-order valence-electron chi connectivity index (χ1n) is 17.5. The van der Waals surface area contributed by atoms with Gasteiger partial charge in [-0.15, -0.1) is 0 Å². The van der Waals surface area contributed by atoms with E-state index in [0.29, 0.717) is 0 Å². The Morgan fingerprint density at radius 1 is 0.255 bits per heavy atom. The predicted octanol–water partition coefficient (Wildman–Crippen LogP) is 14.1. The first-order chi connectivity index (χ1) is 25.3. The van der Waals surface area contributed by atoms with Gasteiger partial charge in [0.15, 0.2) is 0 Å². The van der Waals surface area contributed by atoms with Crippen LogP contribution in [-0.4, -0.2) is 0 Å². The van der Waals surface area contributed by atoms with Gasteiger partial charge in [-0.05, 0) is 85.4 Å². The number of rotatable bonds is 7. The van der Waals surface area contributed by atoms with Crippen molar-refractivity contribution in [2.75, 3.05) is 4.90 Å². The van der Waals surface area contributed by atoms with Crippen LogP contribution in [0.2, 0.25) is 0 Å². The van der Waals surface area contributed by atoms with E-state index in [1.165, 1.54) is 66.1 Å². The maximum Gasteiger partial charge on any atom is 0.0624 e. The van der Waals surface area contributed by atoms with Gasteiger partial charge in [-0.1, -0.05) is 182 Å². The van der Waals surface area contributed by atoms with Crippen molar-refractivity contribution in [1.29, 1.82) is 0 Å². The summed E-state index contributed by atoms with van der Waals surface area (Å²) in [6.45, 7) is 0.